The molecule has 0 aliphatic carbocycles. The molecule has 0 saturated carbocycles. The highest BCUT2D eigenvalue weighted by Gasteiger charge is 2.29. The standard InChI is InChI=1S/C15H23N3O/c1-11(2)19-15-5-14(7-16-8-15)18-9-12-3-4-13(10-18)17-6-12/h5,7-8,11-13,17H,3-4,6,9-10H2,1-2H3. The van der Waals surface area contributed by atoms with Gasteiger partial charge in [0.15, 0.2) is 0 Å². The number of fused-ring (bicyclic) bond motifs is 4. The van der Waals surface area contributed by atoms with Gasteiger partial charge in [0.2, 0.25) is 0 Å². The Hall–Kier alpha value is -1.29. The van der Waals surface area contributed by atoms with Crippen LogP contribution in [0.4, 0.5) is 5.69 Å². The van der Waals surface area contributed by atoms with Crippen molar-refractivity contribution in [3.05, 3.63) is 18.5 Å². The first-order valence-corrected chi connectivity index (χ1v) is 7.31. The molecule has 2 bridgehead atoms. The lowest BCUT2D eigenvalue weighted by atomic mass is 9.97. The average molecular weight is 261 g/mol. The SMILES string of the molecule is CC(C)Oc1cncc(N2CC3CCC(C2)NC3)c1. The molecule has 4 rings (SSSR count). The van der Waals surface area contributed by atoms with Crippen molar-refractivity contribution in [2.45, 2.75) is 38.8 Å². The second kappa shape index (κ2) is 5.37. The highest BCUT2D eigenvalue weighted by Crippen LogP contribution is 2.27. The predicted octanol–water partition coefficient (Wildman–Crippen LogP) is 2.06. The van der Waals surface area contributed by atoms with Gasteiger partial charge in [0.05, 0.1) is 24.2 Å². The van der Waals surface area contributed by atoms with Crippen molar-refractivity contribution < 1.29 is 4.74 Å². The Morgan fingerprint density at radius 1 is 1.32 bits per heavy atom. The Labute approximate surface area is 115 Å². The van der Waals surface area contributed by atoms with Gasteiger partial charge in [-0.25, -0.2) is 0 Å². The van der Waals surface area contributed by atoms with Gasteiger partial charge in [-0.05, 0) is 39.2 Å². The van der Waals surface area contributed by atoms with E-state index in [1.807, 2.05) is 20.0 Å². The number of pyridine rings is 1. The number of nitrogens with one attached hydrogen (secondary N) is 1. The highest BCUT2D eigenvalue weighted by molar-refractivity contribution is 5.48. The van der Waals surface area contributed by atoms with E-state index in [9.17, 15) is 0 Å². The summed E-state index contributed by atoms with van der Waals surface area (Å²) >= 11 is 0. The zero-order valence-corrected chi connectivity index (χ0v) is 11.8. The molecule has 0 aromatic carbocycles. The van der Waals surface area contributed by atoms with Gasteiger partial charge in [-0.15, -0.1) is 0 Å². The van der Waals surface area contributed by atoms with Gasteiger partial charge in [0.25, 0.3) is 0 Å². The molecule has 104 valence electrons. The van der Waals surface area contributed by atoms with Crippen molar-refractivity contribution >= 4 is 5.69 Å². The van der Waals surface area contributed by atoms with Gasteiger partial charge in [-0.1, -0.05) is 0 Å². The molecule has 0 radical (unpaired) electrons. The van der Waals surface area contributed by atoms with Gasteiger partial charge < -0.3 is 15.0 Å². The maximum atomic E-state index is 5.74. The lowest BCUT2D eigenvalue weighted by molar-refractivity contribution is 0.241. The predicted molar refractivity (Wildman–Crippen MR) is 76.7 cm³/mol. The number of aromatic nitrogens is 1. The molecule has 3 aliphatic heterocycles. The topological polar surface area (TPSA) is 37.4 Å². The zero-order chi connectivity index (χ0) is 13.2. The Balaban J connectivity index is 1.77. The summed E-state index contributed by atoms with van der Waals surface area (Å²) in [6, 6.07) is 2.76. The fraction of sp³-hybridized carbons (Fsp3) is 0.667. The molecular weight excluding hydrogens is 238 g/mol. The van der Waals surface area contributed by atoms with E-state index in [1.165, 1.54) is 18.5 Å². The van der Waals surface area contributed by atoms with Crippen LogP contribution in [-0.2, 0) is 0 Å². The second-order valence-corrected chi connectivity index (χ2v) is 6.00. The van der Waals surface area contributed by atoms with Crippen molar-refractivity contribution in [3.8, 4) is 5.75 Å². The fourth-order valence-corrected chi connectivity index (χ4v) is 3.07. The third-order valence-electron chi connectivity index (χ3n) is 3.97. The van der Waals surface area contributed by atoms with Crippen LogP contribution in [0.15, 0.2) is 18.5 Å². The van der Waals surface area contributed by atoms with Crippen molar-refractivity contribution in [3.63, 3.8) is 0 Å². The first-order chi connectivity index (χ1) is 9.20. The molecule has 1 aromatic heterocycles. The van der Waals surface area contributed by atoms with E-state index < -0.39 is 0 Å². The fourth-order valence-electron chi connectivity index (χ4n) is 3.07. The van der Waals surface area contributed by atoms with E-state index in [2.05, 4.69) is 21.3 Å². The van der Waals surface area contributed by atoms with Crippen LogP contribution in [0.1, 0.15) is 26.7 Å². The summed E-state index contributed by atoms with van der Waals surface area (Å²) in [7, 11) is 0. The molecule has 0 spiro atoms. The lowest BCUT2D eigenvalue weighted by Crippen LogP contribution is -2.39. The first kappa shape index (κ1) is 12.7. The van der Waals surface area contributed by atoms with Crippen LogP contribution < -0.4 is 15.0 Å². The number of ether oxygens (including phenoxy) is 1. The molecule has 4 heterocycles. The number of piperidine rings is 1. The van der Waals surface area contributed by atoms with Crippen molar-refractivity contribution in [1.82, 2.24) is 10.3 Å². The Kier molecular flexibility index (Phi) is 3.60. The Morgan fingerprint density at radius 2 is 2.21 bits per heavy atom. The monoisotopic (exact) mass is 261 g/mol. The number of rotatable bonds is 3. The van der Waals surface area contributed by atoms with Crippen LogP contribution >= 0.6 is 0 Å². The minimum Gasteiger partial charge on any atom is -0.489 e. The number of anilines is 1. The van der Waals surface area contributed by atoms with Crippen molar-refractivity contribution in [1.29, 1.82) is 0 Å². The van der Waals surface area contributed by atoms with Crippen molar-refractivity contribution in [2.75, 3.05) is 24.5 Å². The quantitative estimate of drug-likeness (QED) is 0.903. The van der Waals surface area contributed by atoms with E-state index >= 15 is 0 Å². The summed E-state index contributed by atoms with van der Waals surface area (Å²) in [5.41, 5.74) is 1.19. The van der Waals surface area contributed by atoms with Crippen LogP contribution in [0.25, 0.3) is 0 Å². The average Bonchev–Trinajstić information content (AvgIpc) is 2.71. The smallest absolute Gasteiger partial charge is 0.140 e. The second-order valence-electron chi connectivity index (χ2n) is 6.00. The molecule has 2 atom stereocenters. The highest BCUT2D eigenvalue weighted by atomic mass is 16.5. The van der Waals surface area contributed by atoms with Gasteiger partial charge in [-0.2, -0.15) is 0 Å². The minimum atomic E-state index is 0.194. The molecule has 19 heavy (non-hydrogen) atoms. The summed E-state index contributed by atoms with van der Waals surface area (Å²) in [5.74, 6) is 1.64. The van der Waals surface area contributed by atoms with Gasteiger partial charge in [0.1, 0.15) is 5.75 Å². The maximum Gasteiger partial charge on any atom is 0.140 e. The lowest BCUT2D eigenvalue weighted by Gasteiger charge is -2.24. The van der Waals surface area contributed by atoms with Crippen LogP contribution in [0.3, 0.4) is 0 Å². The molecule has 4 nitrogen and oxygen atoms in total. The summed E-state index contributed by atoms with van der Waals surface area (Å²) in [6.07, 6.45) is 6.60. The van der Waals surface area contributed by atoms with E-state index in [0.717, 1.165) is 31.3 Å². The first-order valence-electron chi connectivity index (χ1n) is 7.31. The summed E-state index contributed by atoms with van der Waals surface area (Å²) in [6.45, 7) is 7.47. The molecular formula is C15H23N3O. The summed E-state index contributed by atoms with van der Waals surface area (Å²) in [4.78, 5) is 6.79. The van der Waals surface area contributed by atoms with Crippen LogP contribution in [0.5, 0.6) is 5.75 Å². The third kappa shape index (κ3) is 3.00. The molecule has 1 aromatic rings. The molecule has 4 heteroatoms. The maximum absolute atomic E-state index is 5.74. The van der Waals surface area contributed by atoms with Gasteiger partial charge >= 0.3 is 0 Å². The minimum absolute atomic E-state index is 0.194. The Bertz CT molecular complexity index is 413. The van der Waals surface area contributed by atoms with E-state index in [1.54, 1.807) is 6.20 Å². The molecule has 3 fully saturated rings. The largest absolute Gasteiger partial charge is 0.489 e. The molecule has 0 amide bonds. The van der Waals surface area contributed by atoms with Crippen LogP contribution in [0.2, 0.25) is 0 Å². The number of hydrogen-bond donors (Lipinski definition) is 1. The summed E-state index contributed by atoms with van der Waals surface area (Å²) in [5, 5.41) is 3.63. The molecule has 2 unspecified atom stereocenters. The molecule has 3 saturated heterocycles. The van der Waals surface area contributed by atoms with E-state index in [-0.39, 0.29) is 6.10 Å². The number of nitrogens with zero attached hydrogens (tertiary/aromatic N) is 2. The molecule has 3 aliphatic rings. The van der Waals surface area contributed by atoms with Gasteiger partial charge in [0, 0.05) is 25.2 Å². The Morgan fingerprint density at radius 3 is 2.95 bits per heavy atom. The van der Waals surface area contributed by atoms with Crippen molar-refractivity contribution in [2.24, 2.45) is 5.92 Å². The third-order valence-corrected chi connectivity index (χ3v) is 3.97. The number of hydrogen-bond acceptors (Lipinski definition) is 4. The normalized spacial score (nSPS) is 26.6. The van der Waals surface area contributed by atoms with Gasteiger partial charge in [-0.3, -0.25) is 4.98 Å². The summed E-state index contributed by atoms with van der Waals surface area (Å²) < 4.78 is 5.74. The zero-order valence-electron chi connectivity index (χ0n) is 11.8. The molecule has 1 N–H and O–H groups in total. The van der Waals surface area contributed by atoms with Crippen LogP contribution in [-0.4, -0.2) is 36.8 Å². The van der Waals surface area contributed by atoms with Crippen LogP contribution in [0, 0.1) is 5.92 Å². The van der Waals surface area contributed by atoms with E-state index in [0.29, 0.717) is 6.04 Å². The van der Waals surface area contributed by atoms with E-state index in [4.69, 9.17) is 4.74 Å².